The Morgan fingerprint density at radius 1 is 1.32 bits per heavy atom. The first-order chi connectivity index (χ1) is 9.16. The maximum absolute atomic E-state index is 11.9. The van der Waals surface area contributed by atoms with Crippen molar-refractivity contribution < 1.29 is 4.79 Å². The van der Waals surface area contributed by atoms with Gasteiger partial charge in [0.25, 0.3) is 0 Å². The van der Waals surface area contributed by atoms with Crippen molar-refractivity contribution >= 4 is 6.03 Å². The first-order valence-corrected chi connectivity index (χ1v) is 6.96. The van der Waals surface area contributed by atoms with Crippen molar-refractivity contribution in [3.8, 4) is 0 Å². The van der Waals surface area contributed by atoms with E-state index in [1.165, 1.54) is 16.7 Å². The number of benzene rings is 1. The molecular formula is C15H23N3O. The number of nitrogens with one attached hydrogen (secondary N) is 2. The van der Waals surface area contributed by atoms with Gasteiger partial charge in [-0.1, -0.05) is 23.8 Å². The molecule has 0 bridgehead atoms. The van der Waals surface area contributed by atoms with Gasteiger partial charge in [0.15, 0.2) is 0 Å². The second-order valence-corrected chi connectivity index (χ2v) is 5.15. The van der Waals surface area contributed by atoms with Crippen LogP contribution in [0.3, 0.4) is 0 Å². The highest BCUT2D eigenvalue weighted by Crippen LogP contribution is 2.10. The zero-order valence-electron chi connectivity index (χ0n) is 11.8. The molecule has 1 heterocycles. The lowest BCUT2D eigenvalue weighted by atomic mass is 10.0. The molecule has 1 aliphatic heterocycles. The maximum atomic E-state index is 11.9. The molecule has 4 heteroatoms. The summed E-state index contributed by atoms with van der Waals surface area (Å²) in [5, 5.41) is 6.25. The minimum Gasteiger partial charge on any atom is -0.338 e. The summed E-state index contributed by atoms with van der Waals surface area (Å²) in [5.74, 6) is 0. The first-order valence-electron chi connectivity index (χ1n) is 6.96. The van der Waals surface area contributed by atoms with Crippen molar-refractivity contribution in [3.63, 3.8) is 0 Å². The Balaban J connectivity index is 1.79. The van der Waals surface area contributed by atoms with Crippen LogP contribution in [0.1, 0.15) is 16.7 Å². The van der Waals surface area contributed by atoms with Crippen LogP contribution in [0.5, 0.6) is 0 Å². The van der Waals surface area contributed by atoms with Gasteiger partial charge in [0.05, 0.1) is 0 Å². The highest BCUT2D eigenvalue weighted by Gasteiger charge is 2.15. The Bertz CT molecular complexity index is 439. The molecule has 2 amide bonds. The Kier molecular flexibility index (Phi) is 4.80. The van der Waals surface area contributed by atoms with E-state index < -0.39 is 0 Å². The topological polar surface area (TPSA) is 44.4 Å². The maximum Gasteiger partial charge on any atom is 0.317 e. The predicted molar refractivity (Wildman–Crippen MR) is 77.5 cm³/mol. The van der Waals surface area contributed by atoms with Gasteiger partial charge in [-0.05, 0) is 31.4 Å². The molecule has 1 aliphatic rings. The predicted octanol–water partition coefficient (Wildman–Crippen LogP) is 1.46. The number of piperazine rings is 1. The van der Waals surface area contributed by atoms with Crippen molar-refractivity contribution in [2.75, 3.05) is 32.7 Å². The standard InChI is InChI=1S/C15H23N3O/c1-12-3-4-13(2)14(11-12)5-6-17-15(19)18-9-7-16-8-10-18/h3-4,11,16H,5-10H2,1-2H3,(H,17,19). The molecule has 19 heavy (non-hydrogen) atoms. The highest BCUT2D eigenvalue weighted by molar-refractivity contribution is 5.74. The van der Waals surface area contributed by atoms with E-state index in [0.29, 0.717) is 6.54 Å². The summed E-state index contributed by atoms with van der Waals surface area (Å²) < 4.78 is 0. The molecule has 1 saturated heterocycles. The van der Waals surface area contributed by atoms with Gasteiger partial charge in [0, 0.05) is 32.7 Å². The van der Waals surface area contributed by atoms with Crippen molar-refractivity contribution in [1.82, 2.24) is 15.5 Å². The van der Waals surface area contributed by atoms with E-state index >= 15 is 0 Å². The smallest absolute Gasteiger partial charge is 0.317 e. The summed E-state index contributed by atoms with van der Waals surface area (Å²) in [6.07, 6.45) is 0.894. The van der Waals surface area contributed by atoms with Gasteiger partial charge in [0.2, 0.25) is 0 Å². The Morgan fingerprint density at radius 3 is 2.79 bits per heavy atom. The van der Waals surface area contributed by atoms with Crippen LogP contribution >= 0.6 is 0 Å². The molecule has 2 N–H and O–H groups in total. The molecule has 0 radical (unpaired) electrons. The monoisotopic (exact) mass is 261 g/mol. The lowest BCUT2D eigenvalue weighted by Crippen LogP contribution is -2.50. The van der Waals surface area contributed by atoms with Crippen LogP contribution in [-0.2, 0) is 6.42 Å². The van der Waals surface area contributed by atoms with Gasteiger partial charge < -0.3 is 15.5 Å². The van der Waals surface area contributed by atoms with Gasteiger partial charge in [0.1, 0.15) is 0 Å². The number of carbonyl (C=O) groups is 1. The van der Waals surface area contributed by atoms with Crippen LogP contribution in [0.25, 0.3) is 0 Å². The molecule has 0 spiro atoms. The minimum absolute atomic E-state index is 0.0619. The molecule has 2 rings (SSSR count). The lowest BCUT2D eigenvalue weighted by Gasteiger charge is -2.27. The summed E-state index contributed by atoms with van der Waals surface area (Å²) in [5.41, 5.74) is 3.89. The quantitative estimate of drug-likeness (QED) is 0.865. The van der Waals surface area contributed by atoms with E-state index in [-0.39, 0.29) is 6.03 Å². The van der Waals surface area contributed by atoms with Gasteiger partial charge in [-0.15, -0.1) is 0 Å². The zero-order valence-corrected chi connectivity index (χ0v) is 11.8. The summed E-state index contributed by atoms with van der Waals surface area (Å²) >= 11 is 0. The molecular weight excluding hydrogens is 238 g/mol. The highest BCUT2D eigenvalue weighted by atomic mass is 16.2. The van der Waals surface area contributed by atoms with Crippen molar-refractivity contribution in [3.05, 3.63) is 34.9 Å². The van der Waals surface area contributed by atoms with Gasteiger partial charge in [-0.3, -0.25) is 0 Å². The number of urea groups is 1. The summed E-state index contributed by atoms with van der Waals surface area (Å²) in [6, 6.07) is 6.53. The van der Waals surface area contributed by atoms with Crippen LogP contribution in [0.15, 0.2) is 18.2 Å². The first kappa shape index (κ1) is 13.9. The van der Waals surface area contributed by atoms with Gasteiger partial charge >= 0.3 is 6.03 Å². The van der Waals surface area contributed by atoms with E-state index in [9.17, 15) is 4.79 Å². The molecule has 0 aliphatic carbocycles. The largest absolute Gasteiger partial charge is 0.338 e. The van der Waals surface area contributed by atoms with Crippen LogP contribution in [0, 0.1) is 13.8 Å². The van der Waals surface area contributed by atoms with E-state index in [1.54, 1.807) is 0 Å². The molecule has 0 atom stereocenters. The Hall–Kier alpha value is -1.55. The van der Waals surface area contributed by atoms with Crippen molar-refractivity contribution in [1.29, 1.82) is 0 Å². The molecule has 104 valence electrons. The van der Waals surface area contributed by atoms with Gasteiger partial charge in [-0.2, -0.15) is 0 Å². The average molecular weight is 261 g/mol. The molecule has 1 fully saturated rings. The number of carbonyl (C=O) groups excluding carboxylic acids is 1. The van der Waals surface area contributed by atoms with E-state index in [2.05, 4.69) is 42.7 Å². The Morgan fingerprint density at radius 2 is 2.05 bits per heavy atom. The second kappa shape index (κ2) is 6.57. The summed E-state index contributed by atoms with van der Waals surface area (Å²) in [4.78, 5) is 13.8. The van der Waals surface area contributed by atoms with Crippen molar-refractivity contribution in [2.45, 2.75) is 20.3 Å². The third-order valence-electron chi connectivity index (χ3n) is 3.58. The normalized spacial score (nSPS) is 15.4. The third kappa shape index (κ3) is 3.96. The molecule has 4 nitrogen and oxygen atoms in total. The molecule has 0 aromatic heterocycles. The number of rotatable bonds is 3. The van der Waals surface area contributed by atoms with Crippen LogP contribution in [0.2, 0.25) is 0 Å². The van der Waals surface area contributed by atoms with Gasteiger partial charge in [-0.25, -0.2) is 4.79 Å². The van der Waals surface area contributed by atoms with Crippen LogP contribution in [-0.4, -0.2) is 43.7 Å². The third-order valence-corrected chi connectivity index (χ3v) is 3.58. The Labute approximate surface area is 115 Å². The molecule has 0 unspecified atom stereocenters. The van der Waals surface area contributed by atoms with Crippen LogP contribution in [0.4, 0.5) is 4.79 Å². The van der Waals surface area contributed by atoms with Crippen molar-refractivity contribution in [2.24, 2.45) is 0 Å². The van der Waals surface area contributed by atoms with E-state index in [0.717, 1.165) is 32.6 Å². The second-order valence-electron chi connectivity index (χ2n) is 5.15. The fraction of sp³-hybridized carbons (Fsp3) is 0.533. The molecule has 0 saturated carbocycles. The lowest BCUT2D eigenvalue weighted by molar-refractivity contribution is 0.190. The van der Waals surface area contributed by atoms with E-state index in [1.807, 2.05) is 4.90 Å². The number of hydrogen-bond acceptors (Lipinski definition) is 2. The fourth-order valence-electron chi connectivity index (χ4n) is 2.35. The number of hydrogen-bond donors (Lipinski definition) is 2. The van der Waals surface area contributed by atoms with Crippen LogP contribution < -0.4 is 10.6 Å². The number of nitrogens with zero attached hydrogens (tertiary/aromatic N) is 1. The molecule has 1 aromatic carbocycles. The summed E-state index contributed by atoms with van der Waals surface area (Å²) in [7, 11) is 0. The number of amides is 2. The molecule has 1 aromatic rings. The average Bonchev–Trinajstić information content (AvgIpc) is 2.43. The van der Waals surface area contributed by atoms with E-state index in [4.69, 9.17) is 0 Å². The number of aryl methyl sites for hydroxylation is 2. The SMILES string of the molecule is Cc1ccc(C)c(CCNC(=O)N2CCNCC2)c1. The summed E-state index contributed by atoms with van der Waals surface area (Å²) in [6.45, 7) is 8.31. The minimum atomic E-state index is 0.0619. The zero-order chi connectivity index (χ0) is 13.7. The fourth-order valence-corrected chi connectivity index (χ4v) is 2.35.